The van der Waals surface area contributed by atoms with E-state index < -0.39 is 0 Å². The zero-order valence-corrected chi connectivity index (χ0v) is 11.8. The van der Waals surface area contributed by atoms with Crippen molar-refractivity contribution in [2.75, 3.05) is 12.3 Å². The van der Waals surface area contributed by atoms with E-state index in [1.165, 1.54) is 5.56 Å². The number of anilines is 1. The predicted molar refractivity (Wildman–Crippen MR) is 77.4 cm³/mol. The van der Waals surface area contributed by atoms with Crippen LogP contribution >= 0.6 is 0 Å². The standard InChI is InChI=1S/C15H21N3O/c1-11(2)13-6-4-5-7-14(13)19-9-8-12-10-15(16)18(3)17-12/h4-7,10-11H,8-9,16H2,1-3H3. The molecule has 0 aliphatic rings. The van der Waals surface area contributed by atoms with Crippen molar-refractivity contribution in [3.8, 4) is 5.75 Å². The quantitative estimate of drug-likeness (QED) is 0.898. The van der Waals surface area contributed by atoms with Gasteiger partial charge < -0.3 is 10.5 Å². The Labute approximate surface area is 114 Å². The highest BCUT2D eigenvalue weighted by atomic mass is 16.5. The van der Waals surface area contributed by atoms with Gasteiger partial charge in [0.15, 0.2) is 0 Å². The van der Waals surface area contributed by atoms with E-state index >= 15 is 0 Å². The zero-order chi connectivity index (χ0) is 13.8. The zero-order valence-electron chi connectivity index (χ0n) is 11.8. The summed E-state index contributed by atoms with van der Waals surface area (Å²) >= 11 is 0. The number of nitrogen functional groups attached to an aromatic ring is 1. The van der Waals surface area contributed by atoms with Gasteiger partial charge in [-0.25, -0.2) is 0 Å². The van der Waals surface area contributed by atoms with Gasteiger partial charge in [0.1, 0.15) is 11.6 Å². The first-order chi connectivity index (χ1) is 9.08. The molecule has 0 atom stereocenters. The van der Waals surface area contributed by atoms with Crippen molar-refractivity contribution in [2.45, 2.75) is 26.2 Å². The Morgan fingerprint density at radius 1 is 1.32 bits per heavy atom. The molecule has 19 heavy (non-hydrogen) atoms. The van der Waals surface area contributed by atoms with E-state index in [1.807, 2.05) is 31.3 Å². The number of aromatic nitrogens is 2. The van der Waals surface area contributed by atoms with Crippen molar-refractivity contribution >= 4 is 5.82 Å². The molecule has 0 unspecified atom stereocenters. The van der Waals surface area contributed by atoms with E-state index in [0.717, 1.165) is 17.9 Å². The summed E-state index contributed by atoms with van der Waals surface area (Å²) in [5.41, 5.74) is 7.95. The summed E-state index contributed by atoms with van der Waals surface area (Å²) in [6.07, 6.45) is 0.761. The topological polar surface area (TPSA) is 53.1 Å². The Kier molecular flexibility index (Phi) is 4.10. The number of hydrogen-bond acceptors (Lipinski definition) is 3. The molecule has 0 saturated carbocycles. The van der Waals surface area contributed by atoms with Crippen LogP contribution in [0.3, 0.4) is 0 Å². The molecule has 2 N–H and O–H groups in total. The molecule has 0 bridgehead atoms. The minimum absolute atomic E-state index is 0.460. The van der Waals surface area contributed by atoms with Crippen LogP contribution in [0.15, 0.2) is 30.3 Å². The summed E-state index contributed by atoms with van der Waals surface area (Å²) in [6, 6.07) is 10.1. The van der Waals surface area contributed by atoms with Crippen LogP contribution in [0.1, 0.15) is 31.0 Å². The first-order valence-corrected chi connectivity index (χ1v) is 6.58. The summed E-state index contributed by atoms with van der Waals surface area (Å²) < 4.78 is 7.54. The number of para-hydroxylation sites is 1. The highest BCUT2D eigenvalue weighted by Gasteiger charge is 2.07. The van der Waals surface area contributed by atoms with Crippen molar-refractivity contribution in [3.05, 3.63) is 41.6 Å². The summed E-state index contributed by atoms with van der Waals surface area (Å²) in [5, 5.41) is 4.31. The molecule has 0 saturated heterocycles. The molecule has 2 aromatic rings. The molecule has 0 radical (unpaired) electrons. The van der Waals surface area contributed by atoms with E-state index in [-0.39, 0.29) is 0 Å². The maximum Gasteiger partial charge on any atom is 0.122 e. The van der Waals surface area contributed by atoms with Gasteiger partial charge in [-0.05, 0) is 17.5 Å². The molecule has 0 aliphatic carbocycles. The average molecular weight is 259 g/mol. The molecule has 2 rings (SSSR count). The molecule has 1 heterocycles. The number of nitrogens with zero attached hydrogens (tertiary/aromatic N) is 2. The summed E-state index contributed by atoms with van der Waals surface area (Å²) in [6.45, 7) is 4.95. The lowest BCUT2D eigenvalue weighted by atomic mass is 10.0. The molecule has 4 nitrogen and oxygen atoms in total. The fourth-order valence-corrected chi connectivity index (χ4v) is 2.02. The first-order valence-electron chi connectivity index (χ1n) is 6.58. The maximum atomic E-state index is 5.86. The average Bonchev–Trinajstić information content (AvgIpc) is 2.69. The second-order valence-electron chi connectivity index (χ2n) is 4.98. The molecular formula is C15H21N3O. The molecule has 1 aromatic heterocycles. The minimum Gasteiger partial charge on any atom is -0.493 e. The van der Waals surface area contributed by atoms with Crippen LogP contribution in [-0.4, -0.2) is 16.4 Å². The van der Waals surface area contributed by atoms with E-state index in [2.05, 4.69) is 25.0 Å². The molecule has 0 aliphatic heterocycles. The number of hydrogen-bond donors (Lipinski definition) is 1. The van der Waals surface area contributed by atoms with E-state index in [1.54, 1.807) is 4.68 Å². The number of aryl methyl sites for hydroxylation is 1. The van der Waals surface area contributed by atoms with Crippen molar-refractivity contribution < 1.29 is 4.74 Å². The Balaban J connectivity index is 1.96. The van der Waals surface area contributed by atoms with E-state index in [9.17, 15) is 0 Å². The Morgan fingerprint density at radius 2 is 2.05 bits per heavy atom. The maximum absolute atomic E-state index is 5.86. The van der Waals surface area contributed by atoms with Gasteiger partial charge in [-0.3, -0.25) is 4.68 Å². The van der Waals surface area contributed by atoms with Gasteiger partial charge in [-0.1, -0.05) is 32.0 Å². The lowest BCUT2D eigenvalue weighted by Gasteiger charge is -2.13. The fraction of sp³-hybridized carbons (Fsp3) is 0.400. The summed E-state index contributed by atoms with van der Waals surface area (Å²) in [7, 11) is 1.84. The second-order valence-corrected chi connectivity index (χ2v) is 4.98. The van der Waals surface area contributed by atoms with Crippen molar-refractivity contribution in [3.63, 3.8) is 0 Å². The predicted octanol–water partition coefficient (Wildman–Crippen LogP) is 2.75. The first kappa shape index (κ1) is 13.5. The highest BCUT2D eigenvalue weighted by Crippen LogP contribution is 2.25. The van der Waals surface area contributed by atoms with Crippen LogP contribution in [0, 0.1) is 0 Å². The van der Waals surface area contributed by atoms with Gasteiger partial charge in [0.05, 0.1) is 12.3 Å². The SMILES string of the molecule is CC(C)c1ccccc1OCCc1cc(N)n(C)n1. The highest BCUT2D eigenvalue weighted by molar-refractivity contribution is 5.35. The van der Waals surface area contributed by atoms with E-state index in [0.29, 0.717) is 18.3 Å². The third kappa shape index (κ3) is 3.28. The van der Waals surface area contributed by atoms with Crippen LogP contribution in [0.4, 0.5) is 5.82 Å². The molecule has 0 amide bonds. The van der Waals surface area contributed by atoms with Gasteiger partial charge in [0.2, 0.25) is 0 Å². The monoisotopic (exact) mass is 259 g/mol. The minimum atomic E-state index is 0.460. The Hall–Kier alpha value is -1.97. The summed E-state index contributed by atoms with van der Waals surface area (Å²) in [5.74, 6) is 2.10. The van der Waals surface area contributed by atoms with Crippen LogP contribution in [0.25, 0.3) is 0 Å². The third-order valence-corrected chi connectivity index (χ3v) is 3.12. The largest absolute Gasteiger partial charge is 0.493 e. The lowest BCUT2D eigenvalue weighted by molar-refractivity contribution is 0.315. The van der Waals surface area contributed by atoms with Crippen molar-refractivity contribution in [1.29, 1.82) is 0 Å². The van der Waals surface area contributed by atoms with Crippen LogP contribution < -0.4 is 10.5 Å². The lowest BCUT2D eigenvalue weighted by Crippen LogP contribution is -2.05. The fourth-order valence-electron chi connectivity index (χ4n) is 2.02. The number of nitrogens with two attached hydrogens (primary N) is 1. The van der Waals surface area contributed by atoms with Crippen molar-refractivity contribution in [1.82, 2.24) is 9.78 Å². The normalized spacial score (nSPS) is 10.9. The van der Waals surface area contributed by atoms with Crippen molar-refractivity contribution in [2.24, 2.45) is 7.05 Å². The van der Waals surface area contributed by atoms with Crippen LogP contribution in [-0.2, 0) is 13.5 Å². The van der Waals surface area contributed by atoms with Crippen LogP contribution in [0.5, 0.6) is 5.75 Å². The van der Waals surface area contributed by atoms with E-state index in [4.69, 9.17) is 10.5 Å². The number of ether oxygens (including phenoxy) is 1. The second kappa shape index (κ2) is 5.78. The Bertz CT molecular complexity index is 527. The molecule has 1 aromatic carbocycles. The molecule has 102 valence electrons. The van der Waals surface area contributed by atoms with Gasteiger partial charge in [-0.2, -0.15) is 5.10 Å². The van der Waals surface area contributed by atoms with Gasteiger partial charge in [-0.15, -0.1) is 0 Å². The van der Waals surface area contributed by atoms with Gasteiger partial charge >= 0.3 is 0 Å². The van der Waals surface area contributed by atoms with Gasteiger partial charge in [0.25, 0.3) is 0 Å². The van der Waals surface area contributed by atoms with Gasteiger partial charge in [0, 0.05) is 19.5 Å². The smallest absolute Gasteiger partial charge is 0.122 e. The Morgan fingerprint density at radius 3 is 2.68 bits per heavy atom. The molecule has 0 fully saturated rings. The molecule has 4 heteroatoms. The number of benzene rings is 1. The summed E-state index contributed by atoms with van der Waals surface area (Å²) in [4.78, 5) is 0. The molecule has 0 spiro atoms. The number of rotatable bonds is 5. The third-order valence-electron chi connectivity index (χ3n) is 3.12. The van der Waals surface area contributed by atoms with Crippen LogP contribution in [0.2, 0.25) is 0 Å². The molecular weight excluding hydrogens is 238 g/mol.